The first-order chi connectivity index (χ1) is 12.3. The van der Waals surface area contributed by atoms with E-state index in [1.807, 2.05) is 26.7 Å². The molecule has 0 aliphatic carbocycles. The molecule has 138 valence electrons. The third-order valence-corrected chi connectivity index (χ3v) is 5.76. The Morgan fingerprint density at radius 2 is 2.04 bits per heavy atom. The first kappa shape index (κ1) is 18.8. The van der Waals surface area contributed by atoms with Gasteiger partial charge in [0.1, 0.15) is 12.4 Å². The molecule has 10 heteroatoms. The first-order valence-corrected chi connectivity index (χ1v) is 10.7. The number of carbonyl (C=O) groups excluding carboxylic acids is 1. The monoisotopic (exact) mass is 414 g/mol. The zero-order valence-electron chi connectivity index (χ0n) is 13.6. The number of imidazole rings is 1. The Balaban J connectivity index is 1.72. The molecule has 26 heavy (non-hydrogen) atoms. The third kappa shape index (κ3) is 4.61. The highest BCUT2D eigenvalue weighted by atomic mass is 35.5. The lowest BCUT2D eigenvalue weighted by Gasteiger charge is -2.05. The van der Waals surface area contributed by atoms with Crippen molar-refractivity contribution in [3.8, 4) is 0 Å². The number of nitrogens with one attached hydrogen (secondary N) is 1. The van der Waals surface area contributed by atoms with Crippen molar-refractivity contribution < 1.29 is 22.2 Å². The van der Waals surface area contributed by atoms with E-state index in [1.165, 1.54) is 11.3 Å². The summed E-state index contributed by atoms with van der Waals surface area (Å²) >= 11 is 7.34. The van der Waals surface area contributed by atoms with Gasteiger partial charge >= 0.3 is 4.96 Å². The second kappa shape index (κ2) is 7.75. The van der Waals surface area contributed by atoms with Gasteiger partial charge in [0.15, 0.2) is 5.69 Å². The van der Waals surface area contributed by atoms with Crippen LogP contribution in [-0.4, -0.2) is 29.2 Å². The maximum atomic E-state index is 12.3. The van der Waals surface area contributed by atoms with Gasteiger partial charge in [-0.15, -0.1) is 0 Å². The molecule has 0 saturated carbocycles. The molecular formula is C16H17ClN3O4S2+. The van der Waals surface area contributed by atoms with Gasteiger partial charge in [-0.2, -0.15) is 12.8 Å². The Bertz CT molecular complexity index is 1030. The maximum Gasteiger partial charge on any atom is 0.345 e. The van der Waals surface area contributed by atoms with Crippen molar-refractivity contribution in [2.45, 2.75) is 19.5 Å². The molecule has 0 spiro atoms. The van der Waals surface area contributed by atoms with Gasteiger partial charge in [-0.3, -0.25) is 9.35 Å². The van der Waals surface area contributed by atoms with Crippen LogP contribution in [-0.2, 0) is 23.2 Å². The summed E-state index contributed by atoms with van der Waals surface area (Å²) in [6, 6.07) is 6.60. The molecule has 0 bridgehead atoms. The van der Waals surface area contributed by atoms with Crippen molar-refractivity contribution in [1.29, 1.82) is 0 Å². The molecule has 0 aliphatic rings. The highest BCUT2D eigenvalue weighted by molar-refractivity contribution is 7.85. The van der Waals surface area contributed by atoms with Crippen LogP contribution >= 0.6 is 22.9 Å². The van der Waals surface area contributed by atoms with Crippen LogP contribution in [0.3, 0.4) is 0 Å². The van der Waals surface area contributed by atoms with E-state index in [2.05, 4.69) is 5.32 Å². The van der Waals surface area contributed by atoms with Crippen LogP contribution in [0.1, 0.15) is 22.5 Å². The number of hydrogen-bond donors (Lipinski definition) is 2. The van der Waals surface area contributed by atoms with Gasteiger partial charge in [-0.05, 0) is 24.3 Å². The summed E-state index contributed by atoms with van der Waals surface area (Å²) < 4.78 is 34.6. The standard InChI is InChI=1S/C16H16ClN3O4S2/c17-13-4-2-12(3-5-13)15(21)18-10-14-11-19-7-8-25-16(19)20(14)6-1-9-26(22,23)24/h2-5,7-8,11H,1,6,9-10H2,(H-,18,21,22,23,24)/p+1. The molecule has 3 rings (SSSR count). The van der Waals surface area contributed by atoms with E-state index in [-0.39, 0.29) is 18.1 Å². The summed E-state index contributed by atoms with van der Waals surface area (Å²) in [6.07, 6.45) is 4.06. The van der Waals surface area contributed by atoms with E-state index >= 15 is 0 Å². The van der Waals surface area contributed by atoms with Crippen LogP contribution in [0.2, 0.25) is 5.02 Å². The Kier molecular flexibility index (Phi) is 5.61. The molecule has 3 aromatic rings. The van der Waals surface area contributed by atoms with Gasteiger partial charge < -0.3 is 5.32 Å². The second-order valence-electron chi connectivity index (χ2n) is 5.69. The lowest BCUT2D eigenvalue weighted by molar-refractivity contribution is -0.506. The van der Waals surface area contributed by atoms with Gasteiger partial charge in [0.25, 0.3) is 16.0 Å². The van der Waals surface area contributed by atoms with E-state index in [0.717, 1.165) is 10.7 Å². The number of aromatic nitrogens is 2. The average molecular weight is 415 g/mol. The van der Waals surface area contributed by atoms with E-state index in [1.54, 1.807) is 24.3 Å². The van der Waals surface area contributed by atoms with Gasteiger partial charge in [0.2, 0.25) is 0 Å². The Morgan fingerprint density at radius 3 is 2.73 bits per heavy atom. The normalized spacial score (nSPS) is 11.8. The third-order valence-electron chi connectivity index (χ3n) is 3.80. The maximum absolute atomic E-state index is 12.3. The van der Waals surface area contributed by atoms with Crippen LogP contribution in [0.15, 0.2) is 42.0 Å². The highest BCUT2D eigenvalue weighted by Crippen LogP contribution is 2.13. The van der Waals surface area contributed by atoms with Gasteiger partial charge in [-0.25, -0.2) is 4.57 Å². The molecule has 7 nitrogen and oxygen atoms in total. The Morgan fingerprint density at radius 1 is 1.31 bits per heavy atom. The van der Waals surface area contributed by atoms with E-state index < -0.39 is 10.1 Å². The SMILES string of the molecule is O=C(NCc1c[n+]2ccsc2n1CCCS(=O)(=O)O)c1ccc(Cl)cc1. The Hall–Kier alpha value is -1.94. The molecule has 0 unspecified atom stereocenters. The fraction of sp³-hybridized carbons (Fsp3) is 0.250. The number of nitrogens with zero attached hydrogens (tertiary/aromatic N) is 2. The second-order valence-corrected chi connectivity index (χ2v) is 8.58. The quantitative estimate of drug-likeness (QED) is 0.457. The number of hydrogen-bond acceptors (Lipinski definition) is 4. The number of fused-ring (bicyclic) bond motifs is 1. The largest absolute Gasteiger partial charge is 0.345 e. The topological polar surface area (TPSA) is 92.5 Å². The summed E-state index contributed by atoms with van der Waals surface area (Å²) in [4.78, 5) is 13.2. The van der Waals surface area contributed by atoms with Crippen molar-refractivity contribution in [3.05, 3.63) is 58.3 Å². The van der Waals surface area contributed by atoms with Crippen molar-refractivity contribution in [2.75, 3.05) is 5.75 Å². The number of thiazole rings is 1. The number of aryl methyl sites for hydroxylation is 1. The minimum atomic E-state index is -3.99. The number of amides is 1. The molecular weight excluding hydrogens is 398 g/mol. The molecule has 1 aromatic carbocycles. The van der Waals surface area contributed by atoms with E-state index in [9.17, 15) is 13.2 Å². The minimum absolute atomic E-state index is 0.222. The summed E-state index contributed by atoms with van der Waals surface area (Å²) in [6.45, 7) is 0.713. The minimum Gasteiger partial charge on any atom is -0.344 e. The lowest BCUT2D eigenvalue weighted by Crippen LogP contribution is -2.24. The number of halogens is 1. The van der Waals surface area contributed by atoms with Crippen LogP contribution in [0.25, 0.3) is 4.96 Å². The van der Waals surface area contributed by atoms with Crippen LogP contribution < -0.4 is 9.72 Å². The predicted octanol–water partition coefficient (Wildman–Crippen LogP) is 2.15. The highest BCUT2D eigenvalue weighted by Gasteiger charge is 2.20. The zero-order valence-corrected chi connectivity index (χ0v) is 16.0. The molecule has 2 N–H and O–H groups in total. The molecule has 0 aliphatic heterocycles. The van der Waals surface area contributed by atoms with Gasteiger partial charge in [-0.1, -0.05) is 22.9 Å². The molecule has 0 radical (unpaired) electrons. The van der Waals surface area contributed by atoms with E-state index in [0.29, 0.717) is 23.7 Å². The summed E-state index contributed by atoms with van der Waals surface area (Å²) in [5.41, 5.74) is 1.35. The lowest BCUT2D eigenvalue weighted by atomic mass is 10.2. The molecule has 2 aromatic heterocycles. The molecule has 0 fully saturated rings. The zero-order chi connectivity index (χ0) is 18.7. The van der Waals surface area contributed by atoms with Gasteiger partial charge in [0, 0.05) is 22.4 Å². The van der Waals surface area contributed by atoms with Crippen LogP contribution in [0.4, 0.5) is 0 Å². The smallest absolute Gasteiger partial charge is 0.344 e. The molecule has 1 amide bonds. The van der Waals surface area contributed by atoms with Crippen molar-refractivity contribution in [1.82, 2.24) is 9.88 Å². The van der Waals surface area contributed by atoms with Gasteiger partial charge in [0.05, 0.1) is 18.8 Å². The fourth-order valence-corrected chi connectivity index (χ4v) is 4.10. The molecule has 0 saturated heterocycles. The summed E-state index contributed by atoms with van der Waals surface area (Å²) in [5.74, 6) is -0.528. The van der Waals surface area contributed by atoms with Crippen LogP contribution in [0.5, 0.6) is 0 Å². The molecule has 2 heterocycles. The van der Waals surface area contributed by atoms with Crippen LogP contribution in [0, 0.1) is 0 Å². The van der Waals surface area contributed by atoms with E-state index in [4.69, 9.17) is 16.2 Å². The number of rotatable bonds is 7. The predicted molar refractivity (Wildman–Crippen MR) is 99.1 cm³/mol. The van der Waals surface area contributed by atoms with Crippen molar-refractivity contribution in [3.63, 3.8) is 0 Å². The first-order valence-electron chi connectivity index (χ1n) is 7.79. The number of carbonyl (C=O) groups is 1. The summed E-state index contributed by atoms with van der Waals surface area (Å²) in [5, 5.41) is 5.34. The fourth-order valence-electron chi connectivity index (χ4n) is 2.60. The van der Waals surface area contributed by atoms with Crippen molar-refractivity contribution in [2.24, 2.45) is 0 Å². The average Bonchev–Trinajstić information content (AvgIpc) is 3.14. The summed E-state index contributed by atoms with van der Waals surface area (Å²) in [7, 11) is -3.99. The molecule has 0 atom stereocenters. The number of benzene rings is 1. The van der Waals surface area contributed by atoms with Crippen molar-refractivity contribution >= 4 is 43.9 Å². The Labute approximate surface area is 159 Å².